The Bertz CT molecular complexity index is 1260. The second kappa shape index (κ2) is 7.62. The molecule has 0 aromatic heterocycles. The van der Waals surface area contributed by atoms with Crippen molar-refractivity contribution in [2.45, 2.75) is 90.9 Å². The van der Waals surface area contributed by atoms with Gasteiger partial charge in [-0.1, -0.05) is 83.9 Å². The van der Waals surface area contributed by atoms with Gasteiger partial charge >= 0.3 is 0 Å². The molecule has 0 saturated heterocycles. The summed E-state index contributed by atoms with van der Waals surface area (Å²) in [6, 6.07) is 9.60. The van der Waals surface area contributed by atoms with Crippen LogP contribution in [0, 0.1) is 0 Å². The minimum absolute atomic E-state index is 0.0839. The van der Waals surface area contributed by atoms with Crippen LogP contribution >= 0.6 is 0 Å². The third kappa shape index (κ3) is 3.62. The molecule has 0 atom stereocenters. The quantitative estimate of drug-likeness (QED) is 0.383. The third-order valence-electron chi connectivity index (χ3n) is 7.44. The minimum atomic E-state index is 0.0839. The van der Waals surface area contributed by atoms with Gasteiger partial charge in [0.25, 0.3) is 0 Å². The van der Waals surface area contributed by atoms with E-state index in [9.17, 15) is 0 Å². The van der Waals surface area contributed by atoms with Gasteiger partial charge in [-0.2, -0.15) is 0 Å². The third-order valence-corrected chi connectivity index (χ3v) is 7.44. The standard InChI is InChI=1S/C32H37/c1-31(2,3)24-16-17-25-23(18-24)19-28-27(25)20-26(21-12-8-7-9-13-21)30(32(4,5)6)29(28)22-14-10-11-15-22/h10-11,14,16-18,20H,7-9,12-13,15H2,1-6H3. The van der Waals surface area contributed by atoms with E-state index < -0.39 is 0 Å². The fraction of sp³-hybridized carbons (Fsp3) is 0.438. The number of allylic oxidation sites excluding steroid dienone is 4. The van der Waals surface area contributed by atoms with Crippen molar-refractivity contribution in [2.24, 2.45) is 0 Å². The summed E-state index contributed by atoms with van der Waals surface area (Å²) in [4.78, 5) is 0. The van der Waals surface area contributed by atoms with Gasteiger partial charge in [0.1, 0.15) is 0 Å². The van der Waals surface area contributed by atoms with Crippen LogP contribution in [0.25, 0.3) is 28.3 Å². The van der Waals surface area contributed by atoms with Gasteiger partial charge in [-0.3, -0.25) is 0 Å². The smallest absolute Gasteiger partial charge is 0.000731 e. The highest BCUT2D eigenvalue weighted by molar-refractivity contribution is 5.89. The van der Waals surface area contributed by atoms with E-state index >= 15 is 0 Å². The first kappa shape index (κ1) is 21.5. The number of rotatable bonds is 1. The molecule has 0 heterocycles. The zero-order valence-electron chi connectivity index (χ0n) is 20.8. The molecule has 5 rings (SSSR count). The fourth-order valence-electron chi connectivity index (χ4n) is 5.77. The van der Waals surface area contributed by atoms with Crippen molar-refractivity contribution in [3.05, 3.63) is 75.2 Å². The molecule has 0 unspecified atom stereocenters. The molecule has 0 amide bonds. The Kier molecular flexibility index (Phi) is 5.12. The maximum Gasteiger partial charge on any atom is -0.000731 e. The van der Waals surface area contributed by atoms with Crippen molar-refractivity contribution in [3.8, 4) is 11.1 Å². The lowest BCUT2D eigenvalue weighted by atomic mass is 9.76. The van der Waals surface area contributed by atoms with Gasteiger partial charge < -0.3 is 0 Å². The van der Waals surface area contributed by atoms with E-state index in [-0.39, 0.29) is 10.8 Å². The summed E-state index contributed by atoms with van der Waals surface area (Å²) in [5.74, 6) is 0. The number of hydrogen-bond donors (Lipinski definition) is 0. The van der Waals surface area contributed by atoms with Crippen LogP contribution in [-0.2, 0) is 10.8 Å². The van der Waals surface area contributed by atoms with E-state index in [1.165, 1.54) is 75.9 Å². The van der Waals surface area contributed by atoms with Crippen molar-refractivity contribution in [1.29, 1.82) is 0 Å². The topological polar surface area (TPSA) is 0 Å². The van der Waals surface area contributed by atoms with E-state index in [4.69, 9.17) is 0 Å². The van der Waals surface area contributed by atoms with Crippen molar-refractivity contribution in [2.75, 3.05) is 0 Å². The molecule has 32 heavy (non-hydrogen) atoms. The molecule has 0 heteroatoms. The van der Waals surface area contributed by atoms with Gasteiger partial charge in [0.2, 0.25) is 0 Å². The first-order valence-electron chi connectivity index (χ1n) is 12.5. The molecule has 3 aliphatic carbocycles. The monoisotopic (exact) mass is 421 g/mol. The highest BCUT2D eigenvalue weighted by Gasteiger charge is 2.28. The summed E-state index contributed by atoms with van der Waals surface area (Å²) in [6.07, 6.45) is 18.3. The summed E-state index contributed by atoms with van der Waals surface area (Å²) in [5, 5.41) is 2.86. The molecule has 1 saturated carbocycles. The Morgan fingerprint density at radius 3 is 2.19 bits per heavy atom. The summed E-state index contributed by atoms with van der Waals surface area (Å²) >= 11 is 0. The highest BCUT2D eigenvalue weighted by atomic mass is 14.3. The van der Waals surface area contributed by atoms with Crippen molar-refractivity contribution < 1.29 is 0 Å². The second-order valence-corrected chi connectivity index (χ2v) is 12.0. The molecule has 0 bridgehead atoms. The number of benzene rings is 2. The summed E-state index contributed by atoms with van der Waals surface area (Å²) in [5.41, 5.74) is 11.8. The Morgan fingerprint density at radius 1 is 0.812 bits per heavy atom. The van der Waals surface area contributed by atoms with Crippen LogP contribution in [0.2, 0.25) is 0 Å². The van der Waals surface area contributed by atoms with Crippen molar-refractivity contribution in [1.82, 2.24) is 0 Å². The van der Waals surface area contributed by atoms with Gasteiger partial charge in [-0.05, 0) is 111 Å². The van der Waals surface area contributed by atoms with E-state index in [0.29, 0.717) is 0 Å². The molecule has 0 nitrogen and oxygen atoms in total. The molecule has 1 fully saturated rings. The molecule has 2 aromatic rings. The predicted octanol–water partition coefficient (Wildman–Crippen LogP) is 7.43. The van der Waals surface area contributed by atoms with E-state index in [1.807, 2.05) is 0 Å². The van der Waals surface area contributed by atoms with E-state index in [2.05, 4.69) is 90.1 Å². The average Bonchev–Trinajstić information content (AvgIpc) is 3.39. The summed E-state index contributed by atoms with van der Waals surface area (Å²) in [7, 11) is 0. The van der Waals surface area contributed by atoms with E-state index in [0.717, 1.165) is 6.42 Å². The number of hydrogen-bond acceptors (Lipinski definition) is 0. The summed E-state index contributed by atoms with van der Waals surface area (Å²) in [6.45, 7) is 14.1. The van der Waals surface area contributed by atoms with Gasteiger partial charge in [-0.25, -0.2) is 0 Å². The fourth-order valence-corrected chi connectivity index (χ4v) is 5.77. The maximum absolute atomic E-state index is 3.90. The Morgan fingerprint density at radius 2 is 1.56 bits per heavy atom. The zero-order valence-corrected chi connectivity index (χ0v) is 20.8. The van der Waals surface area contributed by atoms with Gasteiger partial charge in [0.05, 0.1) is 0 Å². The van der Waals surface area contributed by atoms with E-state index in [1.54, 1.807) is 11.1 Å². The average molecular weight is 422 g/mol. The molecule has 0 N–H and O–H groups in total. The first-order chi connectivity index (χ1) is 15.1. The van der Waals surface area contributed by atoms with Crippen LogP contribution in [0.4, 0.5) is 0 Å². The second-order valence-electron chi connectivity index (χ2n) is 12.0. The molecule has 2 aromatic carbocycles. The normalized spacial score (nSPS) is 17.8. The molecule has 0 aliphatic heterocycles. The Balaban J connectivity index is 1.88. The Labute approximate surface area is 194 Å². The van der Waals surface area contributed by atoms with Crippen molar-refractivity contribution >= 4 is 17.2 Å². The van der Waals surface area contributed by atoms with Crippen LogP contribution in [0.5, 0.6) is 0 Å². The van der Waals surface area contributed by atoms with Crippen molar-refractivity contribution in [3.63, 3.8) is 0 Å². The molecule has 165 valence electrons. The lowest BCUT2D eigenvalue weighted by Gasteiger charge is -2.28. The predicted molar refractivity (Wildman–Crippen MR) is 139 cm³/mol. The minimum Gasteiger partial charge on any atom is -0.0801 e. The zero-order chi connectivity index (χ0) is 22.7. The molecule has 0 spiro atoms. The molecular weight excluding hydrogens is 384 g/mol. The maximum atomic E-state index is 3.90. The SMILES string of the molecule is CC(C)(C)c1ccc2c(c1)[C]=c1c-2cc(=C2CCCCC2)c(C(C)(C)C)c1C1=CC=CC1. The molecule has 1 radical (unpaired) electrons. The number of fused-ring (bicyclic) bond motifs is 3. The first-order valence-corrected chi connectivity index (χ1v) is 12.5. The van der Waals surface area contributed by atoms with Crippen LogP contribution in [-0.4, -0.2) is 0 Å². The lowest BCUT2D eigenvalue weighted by molar-refractivity contribution is 0.579. The summed E-state index contributed by atoms with van der Waals surface area (Å²) < 4.78 is 0. The van der Waals surface area contributed by atoms with Gasteiger partial charge in [0.15, 0.2) is 0 Å². The van der Waals surface area contributed by atoms with Gasteiger partial charge in [-0.15, -0.1) is 0 Å². The largest absolute Gasteiger partial charge is 0.0801 e. The molecular formula is C32H37. The Hall–Kier alpha value is -2.34. The van der Waals surface area contributed by atoms with Crippen LogP contribution in [0.1, 0.15) is 102 Å². The molecule has 3 aliphatic rings. The van der Waals surface area contributed by atoms with Gasteiger partial charge in [0, 0.05) is 0 Å². The highest BCUT2D eigenvalue weighted by Crippen LogP contribution is 2.37. The van der Waals surface area contributed by atoms with Crippen LogP contribution < -0.4 is 10.4 Å². The van der Waals surface area contributed by atoms with Crippen LogP contribution in [0.15, 0.2) is 42.5 Å². The van der Waals surface area contributed by atoms with Crippen LogP contribution in [0.3, 0.4) is 0 Å². The lowest BCUT2D eigenvalue weighted by Crippen LogP contribution is -2.32.